The molecule has 0 spiro atoms. The summed E-state index contributed by atoms with van der Waals surface area (Å²) in [6, 6.07) is 5.00. The van der Waals surface area contributed by atoms with E-state index in [1.807, 2.05) is 0 Å². The van der Waals surface area contributed by atoms with E-state index in [1.54, 1.807) is 13.8 Å². The summed E-state index contributed by atoms with van der Waals surface area (Å²) in [6.07, 6.45) is 1.46. The molecule has 1 aromatic carbocycles. The molecule has 100 valence electrons. The van der Waals surface area contributed by atoms with Crippen LogP contribution in [0.4, 0.5) is 8.78 Å². The van der Waals surface area contributed by atoms with Gasteiger partial charge in [-0.3, -0.25) is 9.48 Å². The summed E-state index contributed by atoms with van der Waals surface area (Å²) in [5, 5.41) is 3.41. The lowest BCUT2D eigenvalue weighted by Crippen LogP contribution is -2.33. The van der Waals surface area contributed by atoms with Crippen molar-refractivity contribution < 1.29 is 13.6 Å². The second-order valence-corrected chi connectivity index (χ2v) is 4.92. The Morgan fingerprint density at radius 2 is 1.84 bits per heavy atom. The lowest BCUT2D eigenvalue weighted by atomic mass is 10.1. The molecule has 0 atom stereocenters. The van der Waals surface area contributed by atoms with Gasteiger partial charge in [-0.2, -0.15) is 5.10 Å². The zero-order valence-electron chi connectivity index (χ0n) is 10.3. The summed E-state index contributed by atoms with van der Waals surface area (Å²) in [5.41, 5.74) is -1.19. The fourth-order valence-electron chi connectivity index (χ4n) is 1.60. The lowest BCUT2D eigenvalue weighted by Gasteiger charge is -2.20. The quantitative estimate of drug-likeness (QED) is 0.810. The highest BCUT2D eigenvalue weighted by Gasteiger charge is 2.29. The van der Waals surface area contributed by atoms with Gasteiger partial charge >= 0.3 is 0 Å². The van der Waals surface area contributed by atoms with E-state index in [-0.39, 0.29) is 11.3 Å². The van der Waals surface area contributed by atoms with Gasteiger partial charge in [0.25, 0.3) is 0 Å². The molecule has 1 heterocycles. The van der Waals surface area contributed by atoms with E-state index in [4.69, 9.17) is 11.6 Å². The van der Waals surface area contributed by atoms with Gasteiger partial charge in [0.05, 0.1) is 11.3 Å². The molecule has 0 bridgehead atoms. The number of benzene rings is 1. The monoisotopic (exact) mass is 284 g/mol. The van der Waals surface area contributed by atoms with Gasteiger partial charge in [0.1, 0.15) is 17.2 Å². The van der Waals surface area contributed by atoms with Crippen molar-refractivity contribution in [3.05, 3.63) is 42.1 Å². The first-order valence-electron chi connectivity index (χ1n) is 5.54. The van der Waals surface area contributed by atoms with Crippen molar-refractivity contribution in [2.75, 3.05) is 0 Å². The molecular formula is C13H11ClF2N2O. The zero-order chi connectivity index (χ0) is 14.2. The maximum Gasteiger partial charge on any atom is 0.248 e. The number of rotatable bonds is 3. The smallest absolute Gasteiger partial charge is 0.248 e. The highest BCUT2D eigenvalue weighted by atomic mass is 35.5. The summed E-state index contributed by atoms with van der Waals surface area (Å²) in [5.74, 6) is -1.42. The van der Waals surface area contributed by atoms with E-state index in [2.05, 4.69) is 5.10 Å². The molecule has 0 saturated heterocycles. The molecule has 3 nitrogen and oxygen atoms in total. The van der Waals surface area contributed by atoms with Gasteiger partial charge in [0, 0.05) is 6.20 Å². The first kappa shape index (κ1) is 13.7. The van der Waals surface area contributed by atoms with E-state index in [0.29, 0.717) is 0 Å². The van der Waals surface area contributed by atoms with Gasteiger partial charge in [-0.25, -0.2) is 8.78 Å². The van der Waals surface area contributed by atoms with Gasteiger partial charge in [-0.15, -0.1) is 0 Å². The first-order chi connectivity index (χ1) is 8.84. The molecule has 19 heavy (non-hydrogen) atoms. The zero-order valence-corrected chi connectivity index (χ0v) is 11.1. The van der Waals surface area contributed by atoms with Crippen molar-refractivity contribution >= 4 is 16.8 Å². The fourth-order valence-corrected chi connectivity index (χ4v) is 1.69. The maximum absolute atomic E-state index is 13.6. The summed E-state index contributed by atoms with van der Waals surface area (Å²) in [4.78, 5) is 11.3. The number of hydrogen-bond acceptors (Lipinski definition) is 2. The van der Waals surface area contributed by atoms with Crippen LogP contribution < -0.4 is 0 Å². The van der Waals surface area contributed by atoms with Crippen molar-refractivity contribution in [3.63, 3.8) is 0 Å². The Morgan fingerprint density at radius 3 is 2.37 bits per heavy atom. The summed E-state index contributed by atoms with van der Waals surface area (Å²) < 4.78 is 28.5. The van der Waals surface area contributed by atoms with Gasteiger partial charge in [0.2, 0.25) is 5.24 Å². The van der Waals surface area contributed by atoms with E-state index >= 15 is 0 Å². The Morgan fingerprint density at radius 1 is 1.26 bits per heavy atom. The minimum absolute atomic E-state index is 0.113. The second kappa shape index (κ2) is 4.74. The van der Waals surface area contributed by atoms with Crippen molar-refractivity contribution in [3.8, 4) is 11.3 Å². The van der Waals surface area contributed by atoms with Crippen LogP contribution in [0.3, 0.4) is 0 Å². The predicted molar refractivity (Wildman–Crippen MR) is 67.8 cm³/mol. The molecular weight excluding hydrogens is 274 g/mol. The third kappa shape index (κ3) is 2.38. The fraction of sp³-hybridized carbons (Fsp3) is 0.231. The number of hydrogen-bond donors (Lipinski definition) is 0. The normalized spacial score (nSPS) is 11.6. The van der Waals surface area contributed by atoms with Crippen molar-refractivity contribution in [2.24, 2.45) is 0 Å². The van der Waals surface area contributed by atoms with Gasteiger partial charge in [-0.1, -0.05) is 6.07 Å². The number of nitrogens with zero attached hydrogens (tertiary/aromatic N) is 2. The molecule has 0 fully saturated rings. The van der Waals surface area contributed by atoms with Crippen LogP contribution in [-0.2, 0) is 10.3 Å². The molecule has 0 N–H and O–H groups in total. The van der Waals surface area contributed by atoms with E-state index < -0.39 is 22.4 Å². The highest BCUT2D eigenvalue weighted by molar-refractivity contribution is 6.65. The topological polar surface area (TPSA) is 34.9 Å². The Hall–Kier alpha value is -1.75. The third-order valence-electron chi connectivity index (χ3n) is 2.86. The van der Waals surface area contributed by atoms with Crippen LogP contribution in [0.5, 0.6) is 0 Å². The van der Waals surface area contributed by atoms with Crippen LogP contribution in [0.25, 0.3) is 11.3 Å². The van der Waals surface area contributed by atoms with Crippen LogP contribution in [-0.4, -0.2) is 15.0 Å². The Labute approximate surface area is 113 Å². The number of carbonyl (C=O) groups excluding carboxylic acids is 1. The SMILES string of the molecule is CC(C)(C(=O)Cl)n1ccc(-c2c(F)cccc2F)n1. The van der Waals surface area contributed by atoms with Gasteiger partial charge in [-0.05, 0) is 43.6 Å². The number of aromatic nitrogens is 2. The van der Waals surface area contributed by atoms with Crippen molar-refractivity contribution in [1.29, 1.82) is 0 Å². The van der Waals surface area contributed by atoms with Crippen LogP contribution in [0.15, 0.2) is 30.5 Å². The van der Waals surface area contributed by atoms with Crippen LogP contribution in [0.1, 0.15) is 13.8 Å². The molecule has 2 rings (SSSR count). The predicted octanol–water partition coefficient (Wildman–Crippen LogP) is 3.33. The second-order valence-electron chi connectivity index (χ2n) is 4.57. The van der Waals surface area contributed by atoms with E-state index in [1.165, 1.54) is 23.0 Å². The molecule has 0 radical (unpaired) electrons. The Balaban J connectivity index is 2.51. The van der Waals surface area contributed by atoms with Crippen LogP contribution in [0, 0.1) is 11.6 Å². The van der Waals surface area contributed by atoms with Crippen molar-refractivity contribution in [1.82, 2.24) is 9.78 Å². The molecule has 1 aromatic heterocycles. The van der Waals surface area contributed by atoms with Gasteiger partial charge in [0.15, 0.2) is 0 Å². The minimum atomic E-state index is -1.08. The molecule has 6 heteroatoms. The molecule has 0 unspecified atom stereocenters. The number of carbonyl (C=O) groups is 1. The largest absolute Gasteiger partial charge is 0.279 e. The maximum atomic E-state index is 13.6. The molecule has 0 amide bonds. The molecule has 0 aliphatic rings. The minimum Gasteiger partial charge on any atom is -0.279 e. The van der Waals surface area contributed by atoms with E-state index in [9.17, 15) is 13.6 Å². The van der Waals surface area contributed by atoms with E-state index in [0.717, 1.165) is 12.1 Å². The Bertz CT molecular complexity index is 617. The summed E-state index contributed by atoms with van der Waals surface area (Å²) in [7, 11) is 0. The average molecular weight is 285 g/mol. The number of halogens is 3. The molecule has 0 aliphatic carbocycles. The van der Waals surface area contributed by atoms with Gasteiger partial charge < -0.3 is 0 Å². The molecule has 2 aromatic rings. The summed E-state index contributed by atoms with van der Waals surface area (Å²) >= 11 is 5.47. The first-order valence-corrected chi connectivity index (χ1v) is 5.92. The van der Waals surface area contributed by atoms with Crippen LogP contribution in [0.2, 0.25) is 0 Å². The highest BCUT2D eigenvalue weighted by Crippen LogP contribution is 2.26. The molecule has 0 saturated carbocycles. The summed E-state index contributed by atoms with van der Waals surface area (Å²) in [6.45, 7) is 3.13. The van der Waals surface area contributed by atoms with Crippen LogP contribution >= 0.6 is 11.6 Å². The lowest BCUT2D eigenvalue weighted by molar-refractivity contribution is -0.118. The van der Waals surface area contributed by atoms with Crippen molar-refractivity contribution in [2.45, 2.75) is 19.4 Å². The standard InChI is InChI=1S/C13H11ClF2N2O/c1-13(2,12(14)19)18-7-6-10(17-18)11-8(15)4-3-5-9(11)16/h3-7H,1-2H3. The Kier molecular flexibility index (Phi) is 3.41. The third-order valence-corrected chi connectivity index (χ3v) is 3.32. The average Bonchev–Trinajstić information content (AvgIpc) is 2.78. The molecule has 0 aliphatic heterocycles.